The minimum atomic E-state index is -6.02. The van der Waals surface area contributed by atoms with Gasteiger partial charge in [-0.05, 0) is 106 Å². The molecule has 7 rings (SSSR count). The molecule has 1 saturated carbocycles. The Kier molecular flexibility index (Phi) is 12.0. The van der Waals surface area contributed by atoms with Gasteiger partial charge in [-0.2, -0.15) is 8.62 Å². The van der Waals surface area contributed by atoms with E-state index in [0.717, 1.165) is 11.1 Å². The van der Waals surface area contributed by atoms with Crippen LogP contribution in [0.4, 0.5) is 0 Å². The van der Waals surface area contributed by atoms with Gasteiger partial charge in [-0.25, -0.2) is 18.5 Å². The van der Waals surface area contributed by atoms with Crippen LogP contribution in [0.15, 0.2) is 52.7 Å². The molecule has 7 unspecified atom stereocenters. The van der Waals surface area contributed by atoms with Crippen molar-refractivity contribution < 1.29 is 79.7 Å². The van der Waals surface area contributed by atoms with Gasteiger partial charge in [0.25, 0.3) is 0 Å². The van der Waals surface area contributed by atoms with Crippen molar-refractivity contribution in [1.29, 1.82) is 0 Å². The molecule has 3 aliphatic carbocycles. The van der Waals surface area contributed by atoms with Crippen molar-refractivity contribution in [2.24, 2.45) is 5.92 Å². The Morgan fingerprint density at radius 2 is 1.59 bits per heavy atom. The number of likely N-dealkylation sites (N-methyl/N-ethyl adjacent to an activating group) is 1. The number of ether oxygens (including phenoxy) is 4. The van der Waals surface area contributed by atoms with Gasteiger partial charge in [0.05, 0.1) is 18.3 Å². The zero-order valence-electron chi connectivity index (χ0n) is 35.5. The van der Waals surface area contributed by atoms with Crippen LogP contribution in [0.1, 0.15) is 103 Å². The van der Waals surface area contributed by atoms with E-state index in [1.165, 1.54) is 32.3 Å². The molecule has 18 nitrogen and oxygen atoms in total. The van der Waals surface area contributed by atoms with E-state index in [9.17, 15) is 38.1 Å². The first kappa shape index (κ1) is 47.0. The van der Waals surface area contributed by atoms with Gasteiger partial charge in [-0.3, -0.25) is 14.5 Å². The van der Waals surface area contributed by atoms with Gasteiger partial charge in [0.2, 0.25) is 0 Å². The summed E-state index contributed by atoms with van der Waals surface area (Å²) in [6.07, 6.45) is 10.9. The topological polar surface area (TPSA) is 260 Å². The van der Waals surface area contributed by atoms with Gasteiger partial charge >= 0.3 is 29.4 Å². The first-order valence-electron chi connectivity index (χ1n) is 19.4. The molecule has 1 spiro atoms. The molecule has 6 aliphatic rings. The number of carbonyl (C=O) groups excluding carboxylic acids is 3. The normalized spacial score (nSPS) is 30.0. The standard InChI is InChI=1S/C40H52NO17P3/c1-22(2)12-11-17-37(8)18-16-26-31(53-37)25(14-13-23(3)4)32-29(33(26)55-60(48,49)58-61(50,51)57-59(45,46)47)30(42)27-20-38(41-9)21-28-36(6,7)56-39(35(38)44,40(27,28)54-32)19-15-24(5)34(43)52-10/h12-13,15-16,18,20,28,41H,11,14,17,19,21H2,1-10H3,(H,48,49)(H,50,51)(H2,45,46,47)/b24-15-. The Morgan fingerprint density at radius 3 is 2.18 bits per heavy atom. The molecule has 61 heavy (non-hydrogen) atoms. The van der Waals surface area contributed by atoms with Crippen LogP contribution in [-0.4, -0.2) is 79.2 Å². The number of hydrogen-bond acceptors (Lipinski definition) is 14. The van der Waals surface area contributed by atoms with E-state index in [0.29, 0.717) is 12.8 Å². The summed E-state index contributed by atoms with van der Waals surface area (Å²) in [5.41, 5.74) is -5.76. The Bertz CT molecular complexity index is 2400. The van der Waals surface area contributed by atoms with Crippen molar-refractivity contribution >= 4 is 47.1 Å². The van der Waals surface area contributed by atoms with Crippen molar-refractivity contribution in [3.63, 3.8) is 0 Å². The number of nitrogens with one attached hydrogen (secondary N) is 1. The second-order valence-electron chi connectivity index (χ2n) is 17.1. The molecule has 4 bridgehead atoms. The number of phosphoric acid groups is 3. The monoisotopic (exact) mass is 911 g/mol. The second-order valence-corrected chi connectivity index (χ2v) is 21.5. The maximum absolute atomic E-state index is 15.6. The number of methoxy groups -OCH3 is 1. The lowest BCUT2D eigenvalue weighted by atomic mass is 9.48. The Labute approximate surface area is 353 Å². The quantitative estimate of drug-likeness (QED) is 0.0532. The fourth-order valence-electron chi connectivity index (χ4n) is 9.13. The van der Waals surface area contributed by atoms with Crippen molar-refractivity contribution in [3.05, 3.63) is 69.4 Å². The van der Waals surface area contributed by atoms with Gasteiger partial charge in [-0.15, -0.1) is 0 Å². The lowest BCUT2D eigenvalue weighted by Gasteiger charge is -2.59. The van der Waals surface area contributed by atoms with E-state index >= 15 is 9.59 Å². The van der Waals surface area contributed by atoms with E-state index in [-0.39, 0.29) is 53.0 Å². The van der Waals surface area contributed by atoms with E-state index in [1.807, 2.05) is 46.8 Å². The van der Waals surface area contributed by atoms with Crippen molar-refractivity contribution in [1.82, 2.24) is 5.32 Å². The highest BCUT2D eigenvalue weighted by Gasteiger charge is 2.84. The number of rotatable bonds is 15. The summed E-state index contributed by atoms with van der Waals surface area (Å²) in [6.45, 7) is 14.4. The molecule has 7 atom stereocenters. The summed E-state index contributed by atoms with van der Waals surface area (Å²) in [6, 6.07) is 0. The summed E-state index contributed by atoms with van der Waals surface area (Å²) in [4.78, 5) is 82.9. The van der Waals surface area contributed by atoms with Crippen LogP contribution >= 0.6 is 23.5 Å². The minimum Gasteiger partial charge on any atom is -0.482 e. The molecular formula is C40H52NO17P3. The predicted octanol–water partition coefficient (Wildman–Crippen LogP) is 6.67. The van der Waals surface area contributed by atoms with Crippen LogP contribution in [0.5, 0.6) is 17.2 Å². The smallest absolute Gasteiger partial charge is 0.482 e. The molecule has 21 heteroatoms. The maximum atomic E-state index is 15.6. The van der Waals surface area contributed by atoms with Crippen LogP contribution in [0.2, 0.25) is 0 Å². The van der Waals surface area contributed by atoms with Crippen LogP contribution in [-0.2, 0) is 47.8 Å². The van der Waals surface area contributed by atoms with Crippen molar-refractivity contribution in [2.75, 3.05) is 14.2 Å². The van der Waals surface area contributed by atoms with E-state index < -0.39 is 86.2 Å². The number of benzene rings is 1. The first-order valence-corrected chi connectivity index (χ1v) is 23.9. The Morgan fingerprint density at radius 1 is 0.934 bits per heavy atom. The summed E-state index contributed by atoms with van der Waals surface area (Å²) in [5.74, 6) is -3.58. The molecule has 1 aromatic rings. The van der Waals surface area contributed by atoms with Crippen LogP contribution in [0, 0.1) is 5.92 Å². The fraction of sp³-hybridized carbons (Fsp3) is 0.525. The first-order chi connectivity index (χ1) is 28.0. The summed E-state index contributed by atoms with van der Waals surface area (Å²) in [5, 5.41) is 3.10. The summed E-state index contributed by atoms with van der Waals surface area (Å²) >= 11 is 0. The third-order valence-corrected chi connectivity index (χ3v) is 15.5. The molecule has 1 saturated heterocycles. The highest BCUT2D eigenvalue weighted by molar-refractivity contribution is 7.66. The van der Waals surface area contributed by atoms with Gasteiger partial charge in [0, 0.05) is 29.0 Å². The summed E-state index contributed by atoms with van der Waals surface area (Å²) in [7, 11) is -15.0. The molecule has 0 aromatic heterocycles. The van der Waals surface area contributed by atoms with E-state index in [1.54, 1.807) is 27.0 Å². The molecule has 0 radical (unpaired) electrons. The number of carbonyl (C=O) groups is 3. The largest absolute Gasteiger partial charge is 0.536 e. The van der Waals surface area contributed by atoms with Gasteiger partial charge in [0.15, 0.2) is 28.5 Å². The van der Waals surface area contributed by atoms with Crippen LogP contribution < -0.4 is 19.3 Å². The Hall–Kier alpha value is -3.50. The molecular weight excluding hydrogens is 859 g/mol. The molecule has 1 aromatic carbocycles. The van der Waals surface area contributed by atoms with Crippen LogP contribution in [0.3, 0.4) is 0 Å². The lowest BCUT2D eigenvalue weighted by molar-refractivity contribution is -0.174. The van der Waals surface area contributed by atoms with Gasteiger partial charge in [0.1, 0.15) is 28.2 Å². The number of allylic oxidation sites excluding steroid dienone is 4. The average Bonchev–Trinajstić information content (AvgIpc) is 3.28. The molecule has 3 aliphatic heterocycles. The zero-order chi connectivity index (χ0) is 45.5. The van der Waals surface area contributed by atoms with E-state index in [4.69, 9.17) is 23.5 Å². The lowest BCUT2D eigenvalue weighted by Crippen LogP contribution is -2.79. The highest BCUT2D eigenvalue weighted by atomic mass is 31.3. The van der Waals surface area contributed by atoms with Gasteiger partial charge in [-0.1, -0.05) is 29.4 Å². The number of ketones is 2. The highest BCUT2D eigenvalue weighted by Crippen LogP contribution is 2.71. The molecule has 3 heterocycles. The second kappa shape index (κ2) is 15.6. The molecule has 334 valence electrons. The van der Waals surface area contributed by atoms with Crippen molar-refractivity contribution in [2.45, 2.75) is 115 Å². The van der Waals surface area contributed by atoms with E-state index in [2.05, 4.69) is 13.9 Å². The third kappa shape index (κ3) is 8.15. The number of esters is 1. The number of Topliss-reactive ketones (excluding diaryl/α,β-unsaturated/α-hetero) is 2. The molecule has 2 fully saturated rings. The Balaban J connectivity index is 1.68. The summed E-state index contributed by atoms with van der Waals surface area (Å²) < 4.78 is 77.2. The SMILES string of the molecule is CNC12C=C3C(=O)c4c(OP(=O)(O)OP(=O)(O)OP(=O)(O)O)c5c(c(CC=C(C)C)c4OC34C(C1)C(C)(C)OC4(C/C=C(/C)C(=O)OC)C2=O)OC(C)(CCC=C(C)C)C=C5. The predicted molar refractivity (Wildman–Crippen MR) is 220 cm³/mol. The average molecular weight is 912 g/mol. The van der Waals surface area contributed by atoms with Gasteiger partial charge < -0.3 is 43.5 Å². The van der Waals surface area contributed by atoms with Crippen LogP contribution in [0.25, 0.3) is 6.08 Å². The number of hydrogen-bond donors (Lipinski definition) is 5. The third-order valence-electron chi connectivity index (χ3n) is 11.8. The maximum Gasteiger partial charge on any atom is 0.536 e. The number of fused-ring (bicyclic) bond motifs is 2. The van der Waals surface area contributed by atoms with Crippen molar-refractivity contribution in [3.8, 4) is 17.2 Å². The number of phosphoric ester groups is 1. The minimum absolute atomic E-state index is 0.0363. The zero-order valence-corrected chi connectivity index (χ0v) is 38.2. The fourth-order valence-corrected chi connectivity index (χ4v) is 12.2. The molecule has 0 amide bonds. The molecule has 5 N–H and O–H groups in total.